The zero-order valence-corrected chi connectivity index (χ0v) is 13.8. The van der Waals surface area contributed by atoms with Crippen LogP contribution in [0.25, 0.3) is 10.8 Å². The smallest absolute Gasteiger partial charge is 0.432 e. The summed E-state index contributed by atoms with van der Waals surface area (Å²) in [4.78, 5) is 13.0. The van der Waals surface area contributed by atoms with Crippen molar-refractivity contribution in [1.82, 2.24) is 0 Å². The summed E-state index contributed by atoms with van der Waals surface area (Å²) >= 11 is 0. The Kier molecular flexibility index (Phi) is 4.57. The van der Waals surface area contributed by atoms with Crippen LogP contribution >= 0.6 is 0 Å². The van der Waals surface area contributed by atoms with Crippen LogP contribution in [0.3, 0.4) is 0 Å². The number of benzene rings is 2. The molecule has 1 aliphatic rings. The first kappa shape index (κ1) is 15.2. The highest BCUT2D eigenvalue weighted by Crippen LogP contribution is 2.30. The van der Waals surface area contributed by atoms with Gasteiger partial charge in [0, 0.05) is 22.7 Å². The van der Waals surface area contributed by atoms with Gasteiger partial charge in [-0.1, -0.05) is 30.3 Å². The normalized spacial score (nSPS) is 21.2. The molecule has 1 aliphatic heterocycles. The van der Waals surface area contributed by atoms with Crippen molar-refractivity contribution in [2.75, 3.05) is 11.5 Å². The van der Waals surface area contributed by atoms with Crippen LogP contribution in [0.2, 0.25) is 0 Å². The molecule has 2 unspecified atom stereocenters. The van der Waals surface area contributed by atoms with E-state index in [2.05, 4.69) is 42.5 Å². The van der Waals surface area contributed by atoms with Crippen LogP contribution in [0, 0.1) is 0 Å². The van der Waals surface area contributed by atoms with Crippen LogP contribution < -0.4 is 0 Å². The fourth-order valence-corrected chi connectivity index (χ4v) is 5.33. The average Bonchev–Trinajstić information content (AvgIpc) is 2.94. The Morgan fingerprint density at radius 1 is 1.18 bits per heavy atom. The standard InChI is InChI=1S/C18H21O3S/c1-13(2)20-18(19)21-15-10-11-22(12-15)17-9-5-7-14-6-3-4-8-16(14)17/h3-9,13,15H,10-12H2,1-2H3/q+1. The number of ether oxygens (including phenoxy) is 2. The molecule has 2 atom stereocenters. The number of rotatable bonds is 3. The first-order valence-electron chi connectivity index (χ1n) is 7.66. The van der Waals surface area contributed by atoms with Gasteiger partial charge >= 0.3 is 6.16 Å². The minimum Gasteiger partial charge on any atom is -0.432 e. The van der Waals surface area contributed by atoms with Crippen molar-refractivity contribution in [3.05, 3.63) is 42.5 Å². The van der Waals surface area contributed by atoms with Crippen molar-refractivity contribution in [3.63, 3.8) is 0 Å². The van der Waals surface area contributed by atoms with E-state index in [1.807, 2.05) is 13.8 Å². The monoisotopic (exact) mass is 317 g/mol. The van der Waals surface area contributed by atoms with Crippen molar-refractivity contribution in [1.29, 1.82) is 0 Å². The molecule has 1 fully saturated rings. The summed E-state index contributed by atoms with van der Waals surface area (Å²) in [5.74, 6) is 1.98. The number of carbonyl (C=O) groups is 1. The summed E-state index contributed by atoms with van der Waals surface area (Å²) in [6.07, 6.45) is 0.224. The van der Waals surface area contributed by atoms with Crippen molar-refractivity contribution < 1.29 is 14.3 Å². The van der Waals surface area contributed by atoms with E-state index in [1.54, 1.807) is 0 Å². The molecular formula is C18H21O3S+. The van der Waals surface area contributed by atoms with E-state index >= 15 is 0 Å². The molecule has 116 valence electrons. The Morgan fingerprint density at radius 3 is 2.77 bits per heavy atom. The second-order valence-electron chi connectivity index (χ2n) is 5.79. The third-order valence-corrected chi connectivity index (χ3v) is 6.21. The van der Waals surface area contributed by atoms with Crippen molar-refractivity contribution in [3.8, 4) is 0 Å². The summed E-state index contributed by atoms with van der Waals surface area (Å²) < 4.78 is 10.5. The minimum absolute atomic E-state index is 0.0199. The quantitative estimate of drug-likeness (QED) is 0.630. The molecule has 0 saturated carbocycles. The lowest BCUT2D eigenvalue weighted by molar-refractivity contribution is 0.0140. The second kappa shape index (κ2) is 6.61. The molecule has 1 heterocycles. The lowest BCUT2D eigenvalue weighted by Gasteiger charge is -2.11. The Labute approximate surface area is 134 Å². The maximum Gasteiger partial charge on any atom is 0.508 e. The first-order chi connectivity index (χ1) is 10.6. The molecule has 3 nitrogen and oxygen atoms in total. The molecule has 3 rings (SSSR count). The zero-order chi connectivity index (χ0) is 15.5. The van der Waals surface area contributed by atoms with Gasteiger partial charge in [0.15, 0.2) is 16.8 Å². The lowest BCUT2D eigenvalue weighted by Crippen LogP contribution is -2.22. The molecule has 1 saturated heterocycles. The van der Waals surface area contributed by atoms with E-state index in [4.69, 9.17) is 9.47 Å². The van der Waals surface area contributed by atoms with E-state index in [9.17, 15) is 4.79 Å². The van der Waals surface area contributed by atoms with Gasteiger partial charge in [-0.15, -0.1) is 0 Å². The Bertz CT molecular complexity index is 663. The fraction of sp³-hybridized carbons (Fsp3) is 0.389. The van der Waals surface area contributed by atoms with Crippen LogP contribution in [-0.2, 0) is 20.4 Å². The number of fused-ring (bicyclic) bond motifs is 1. The fourth-order valence-electron chi connectivity index (χ4n) is 2.76. The van der Waals surface area contributed by atoms with Crippen LogP contribution in [0.1, 0.15) is 20.3 Å². The van der Waals surface area contributed by atoms with Gasteiger partial charge in [0.05, 0.1) is 6.10 Å². The maximum atomic E-state index is 11.6. The van der Waals surface area contributed by atoms with Gasteiger partial charge in [0.1, 0.15) is 5.75 Å². The van der Waals surface area contributed by atoms with Crippen LogP contribution in [0.4, 0.5) is 4.79 Å². The van der Waals surface area contributed by atoms with Crippen molar-refractivity contribution in [2.24, 2.45) is 0 Å². The predicted molar refractivity (Wildman–Crippen MR) is 90.4 cm³/mol. The first-order valence-corrected chi connectivity index (χ1v) is 9.22. The summed E-state index contributed by atoms with van der Waals surface area (Å²) in [5.41, 5.74) is 0. The van der Waals surface area contributed by atoms with Gasteiger partial charge in [-0.05, 0) is 31.4 Å². The molecule has 22 heavy (non-hydrogen) atoms. The Morgan fingerprint density at radius 2 is 1.95 bits per heavy atom. The molecule has 0 spiro atoms. The Hall–Kier alpha value is -1.68. The van der Waals surface area contributed by atoms with Crippen molar-refractivity contribution >= 4 is 27.8 Å². The summed E-state index contributed by atoms with van der Waals surface area (Å²) in [6, 6.07) is 14.9. The highest BCUT2D eigenvalue weighted by Gasteiger charge is 2.38. The lowest BCUT2D eigenvalue weighted by atomic mass is 10.1. The maximum absolute atomic E-state index is 11.6. The third kappa shape index (κ3) is 3.38. The van der Waals surface area contributed by atoms with E-state index in [0.717, 1.165) is 17.9 Å². The molecule has 0 aliphatic carbocycles. The predicted octanol–water partition coefficient (Wildman–Crippen LogP) is 4.15. The van der Waals surface area contributed by atoms with Crippen LogP contribution in [0.5, 0.6) is 0 Å². The summed E-state index contributed by atoms with van der Waals surface area (Å²) in [5, 5.41) is 2.59. The van der Waals surface area contributed by atoms with E-state index in [1.165, 1.54) is 15.7 Å². The minimum atomic E-state index is -0.539. The zero-order valence-electron chi connectivity index (χ0n) is 13.0. The third-order valence-electron chi connectivity index (χ3n) is 3.73. The molecule has 2 aromatic rings. The van der Waals surface area contributed by atoms with Gasteiger partial charge in [-0.25, -0.2) is 4.79 Å². The molecule has 0 amide bonds. The van der Waals surface area contributed by atoms with Gasteiger partial charge in [-0.2, -0.15) is 0 Å². The van der Waals surface area contributed by atoms with Crippen LogP contribution in [0.15, 0.2) is 47.4 Å². The average molecular weight is 317 g/mol. The molecule has 0 radical (unpaired) electrons. The summed E-state index contributed by atoms with van der Waals surface area (Å²) in [6.45, 7) is 3.66. The molecule has 4 heteroatoms. The topological polar surface area (TPSA) is 35.5 Å². The van der Waals surface area contributed by atoms with E-state index in [-0.39, 0.29) is 23.1 Å². The van der Waals surface area contributed by atoms with Gasteiger partial charge in [0.2, 0.25) is 0 Å². The van der Waals surface area contributed by atoms with E-state index < -0.39 is 6.16 Å². The molecule has 2 aromatic carbocycles. The van der Waals surface area contributed by atoms with Gasteiger partial charge < -0.3 is 9.47 Å². The number of hydrogen-bond donors (Lipinski definition) is 0. The molecule has 0 N–H and O–H groups in total. The number of hydrogen-bond acceptors (Lipinski definition) is 3. The van der Waals surface area contributed by atoms with E-state index in [0.29, 0.717) is 0 Å². The molecule has 0 aromatic heterocycles. The van der Waals surface area contributed by atoms with Gasteiger partial charge in [-0.3, -0.25) is 0 Å². The van der Waals surface area contributed by atoms with Crippen LogP contribution in [-0.4, -0.2) is 29.9 Å². The molecule has 0 bridgehead atoms. The van der Waals surface area contributed by atoms with Gasteiger partial charge in [0.25, 0.3) is 0 Å². The molecular weight excluding hydrogens is 296 g/mol. The number of carbonyl (C=O) groups excluding carboxylic acids is 1. The second-order valence-corrected chi connectivity index (χ2v) is 7.95. The largest absolute Gasteiger partial charge is 0.508 e. The SMILES string of the molecule is CC(C)OC(=O)OC1CC[S+](c2cccc3ccccc23)C1. The van der Waals surface area contributed by atoms with Crippen molar-refractivity contribution in [2.45, 2.75) is 37.4 Å². The highest BCUT2D eigenvalue weighted by molar-refractivity contribution is 7.97. The Balaban J connectivity index is 1.71. The highest BCUT2D eigenvalue weighted by atomic mass is 32.2. The summed E-state index contributed by atoms with van der Waals surface area (Å²) in [7, 11) is 0.143.